The van der Waals surface area contributed by atoms with E-state index in [1.165, 1.54) is 7.11 Å². The van der Waals surface area contributed by atoms with Crippen LogP contribution in [0, 0.1) is 5.92 Å². The number of carbonyl (C=O) groups excluding carboxylic acids is 2. The molecule has 25 heavy (non-hydrogen) atoms. The second-order valence-corrected chi connectivity index (χ2v) is 6.36. The first-order valence-electron chi connectivity index (χ1n) is 8.61. The number of hydrogen-bond donors (Lipinski definition) is 0. The van der Waals surface area contributed by atoms with Crippen molar-refractivity contribution in [1.82, 2.24) is 4.90 Å². The Balaban J connectivity index is 1.64. The molecule has 5 heteroatoms. The van der Waals surface area contributed by atoms with Crippen molar-refractivity contribution < 1.29 is 19.1 Å². The minimum Gasteiger partial charge on any atom is -0.480 e. The van der Waals surface area contributed by atoms with Crippen LogP contribution in [-0.2, 0) is 14.3 Å². The second-order valence-electron chi connectivity index (χ2n) is 6.36. The average molecular weight is 341 g/mol. The first-order chi connectivity index (χ1) is 12.1. The van der Waals surface area contributed by atoms with Gasteiger partial charge in [-0.25, -0.2) is 0 Å². The van der Waals surface area contributed by atoms with Gasteiger partial charge in [0.1, 0.15) is 5.75 Å². The third-order valence-electron chi connectivity index (χ3n) is 4.74. The number of ether oxygens (including phenoxy) is 2. The predicted octanol–water partition coefficient (Wildman–Crippen LogP) is 3.02. The minimum atomic E-state index is -0.569. The first kappa shape index (κ1) is 17.3. The molecule has 132 valence electrons. The lowest BCUT2D eigenvalue weighted by molar-refractivity contribution is -0.150. The lowest BCUT2D eigenvalue weighted by Crippen LogP contribution is -2.45. The SMILES string of the molecule is COC(=O)C1CCN(C(=O)C(C)Oc2cccc3ccccc23)CC1. The summed E-state index contributed by atoms with van der Waals surface area (Å²) in [6, 6.07) is 13.8. The summed E-state index contributed by atoms with van der Waals surface area (Å²) in [5.74, 6) is 0.371. The van der Waals surface area contributed by atoms with Crippen LogP contribution in [-0.4, -0.2) is 43.1 Å². The van der Waals surface area contributed by atoms with Crippen molar-refractivity contribution in [2.45, 2.75) is 25.9 Å². The molecule has 1 unspecified atom stereocenters. The van der Waals surface area contributed by atoms with Gasteiger partial charge in [0.15, 0.2) is 6.10 Å². The van der Waals surface area contributed by atoms with Crippen LogP contribution in [0.1, 0.15) is 19.8 Å². The molecule has 0 saturated carbocycles. The topological polar surface area (TPSA) is 55.8 Å². The highest BCUT2D eigenvalue weighted by Gasteiger charge is 2.30. The number of likely N-dealkylation sites (tertiary alicyclic amines) is 1. The molecule has 1 saturated heterocycles. The number of amides is 1. The van der Waals surface area contributed by atoms with Crippen LogP contribution in [0.2, 0.25) is 0 Å². The molecule has 1 aliphatic rings. The van der Waals surface area contributed by atoms with Crippen molar-refractivity contribution >= 4 is 22.6 Å². The lowest BCUT2D eigenvalue weighted by Gasteiger charge is -2.32. The Kier molecular flexibility index (Phi) is 5.22. The fourth-order valence-corrected chi connectivity index (χ4v) is 3.30. The van der Waals surface area contributed by atoms with E-state index in [9.17, 15) is 9.59 Å². The summed E-state index contributed by atoms with van der Waals surface area (Å²) < 4.78 is 10.7. The zero-order chi connectivity index (χ0) is 17.8. The molecule has 1 atom stereocenters. The largest absolute Gasteiger partial charge is 0.480 e. The average Bonchev–Trinajstić information content (AvgIpc) is 2.67. The van der Waals surface area contributed by atoms with E-state index in [1.54, 1.807) is 11.8 Å². The molecule has 0 N–H and O–H groups in total. The molecule has 1 aliphatic heterocycles. The monoisotopic (exact) mass is 341 g/mol. The number of methoxy groups -OCH3 is 1. The van der Waals surface area contributed by atoms with Crippen molar-refractivity contribution in [1.29, 1.82) is 0 Å². The highest BCUT2D eigenvalue weighted by atomic mass is 16.5. The van der Waals surface area contributed by atoms with Gasteiger partial charge in [-0.2, -0.15) is 0 Å². The van der Waals surface area contributed by atoms with Crippen LogP contribution >= 0.6 is 0 Å². The molecule has 1 amide bonds. The number of nitrogens with zero attached hydrogens (tertiary/aromatic N) is 1. The molecule has 0 radical (unpaired) electrons. The van der Waals surface area contributed by atoms with E-state index in [4.69, 9.17) is 9.47 Å². The van der Waals surface area contributed by atoms with Crippen LogP contribution in [0.25, 0.3) is 10.8 Å². The van der Waals surface area contributed by atoms with Gasteiger partial charge in [-0.1, -0.05) is 36.4 Å². The summed E-state index contributed by atoms with van der Waals surface area (Å²) in [6.45, 7) is 2.89. The molecule has 0 spiro atoms. The number of benzene rings is 2. The normalized spacial score (nSPS) is 16.5. The van der Waals surface area contributed by atoms with Gasteiger partial charge in [-0.3, -0.25) is 9.59 Å². The summed E-state index contributed by atoms with van der Waals surface area (Å²) >= 11 is 0. The molecular formula is C20H23NO4. The number of esters is 1. The minimum absolute atomic E-state index is 0.0451. The number of fused-ring (bicyclic) bond motifs is 1. The van der Waals surface area contributed by atoms with Gasteiger partial charge in [0.2, 0.25) is 0 Å². The van der Waals surface area contributed by atoms with Crippen molar-refractivity contribution in [3.05, 3.63) is 42.5 Å². The summed E-state index contributed by atoms with van der Waals surface area (Å²) in [7, 11) is 1.40. The number of hydrogen-bond acceptors (Lipinski definition) is 4. The van der Waals surface area contributed by atoms with E-state index in [2.05, 4.69) is 0 Å². The molecule has 1 heterocycles. The zero-order valence-corrected chi connectivity index (χ0v) is 14.6. The number of piperidine rings is 1. The fourth-order valence-electron chi connectivity index (χ4n) is 3.30. The van der Waals surface area contributed by atoms with Crippen LogP contribution in [0.15, 0.2) is 42.5 Å². The third kappa shape index (κ3) is 3.76. The number of rotatable bonds is 4. The Morgan fingerprint density at radius 1 is 1.08 bits per heavy atom. The van der Waals surface area contributed by atoms with Gasteiger partial charge in [0.25, 0.3) is 5.91 Å². The molecule has 0 bridgehead atoms. The van der Waals surface area contributed by atoms with Crippen molar-refractivity contribution in [2.75, 3.05) is 20.2 Å². The van der Waals surface area contributed by atoms with Crippen molar-refractivity contribution in [3.8, 4) is 5.75 Å². The molecule has 3 rings (SSSR count). The standard InChI is InChI=1S/C20H23NO4/c1-14(19(22)21-12-10-16(11-13-21)20(23)24-2)25-18-9-5-7-15-6-3-4-8-17(15)18/h3-9,14,16H,10-13H2,1-2H3. The first-order valence-corrected chi connectivity index (χ1v) is 8.61. The summed E-state index contributed by atoms with van der Waals surface area (Å²) in [5.41, 5.74) is 0. The van der Waals surface area contributed by atoms with Gasteiger partial charge in [0, 0.05) is 18.5 Å². The van der Waals surface area contributed by atoms with E-state index >= 15 is 0 Å². The zero-order valence-electron chi connectivity index (χ0n) is 14.6. The van der Waals surface area contributed by atoms with Gasteiger partial charge >= 0.3 is 5.97 Å². The highest BCUT2D eigenvalue weighted by molar-refractivity contribution is 5.89. The second kappa shape index (κ2) is 7.55. The van der Waals surface area contributed by atoms with Crippen LogP contribution in [0.4, 0.5) is 0 Å². The predicted molar refractivity (Wildman–Crippen MR) is 95.4 cm³/mol. The summed E-state index contributed by atoms with van der Waals surface area (Å²) in [5, 5.41) is 2.08. The van der Waals surface area contributed by atoms with E-state index in [1.807, 2.05) is 42.5 Å². The van der Waals surface area contributed by atoms with Gasteiger partial charge in [-0.15, -0.1) is 0 Å². The van der Waals surface area contributed by atoms with E-state index in [-0.39, 0.29) is 17.8 Å². The van der Waals surface area contributed by atoms with Gasteiger partial charge in [0.05, 0.1) is 13.0 Å². The molecular weight excluding hydrogens is 318 g/mol. The summed E-state index contributed by atoms with van der Waals surface area (Å²) in [6.07, 6.45) is 0.708. The molecule has 2 aromatic rings. The van der Waals surface area contributed by atoms with Crippen LogP contribution in [0.5, 0.6) is 5.75 Å². The molecule has 0 aliphatic carbocycles. The van der Waals surface area contributed by atoms with E-state index in [0.29, 0.717) is 31.7 Å². The fraction of sp³-hybridized carbons (Fsp3) is 0.400. The van der Waals surface area contributed by atoms with Crippen molar-refractivity contribution in [3.63, 3.8) is 0 Å². The third-order valence-corrected chi connectivity index (χ3v) is 4.74. The maximum atomic E-state index is 12.7. The van der Waals surface area contributed by atoms with E-state index in [0.717, 1.165) is 10.8 Å². The molecule has 2 aromatic carbocycles. The van der Waals surface area contributed by atoms with E-state index < -0.39 is 6.10 Å². The molecule has 0 aromatic heterocycles. The van der Waals surface area contributed by atoms with Crippen LogP contribution < -0.4 is 4.74 Å². The Hall–Kier alpha value is -2.56. The Labute approximate surface area is 147 Å². The smallest absolute Gasteiger partial charge is 0.308 e. The number of carbonyl (C=O) groups is 2. The van der Waals surface area contributed by atoms with Crippen LogP contribution in [0.3, 0.4) is 0 Å². The van der Waals surface area contributed by atoms with Gasteiger partial charge in [-0.05, 0) is 31.2 Å². The Morgan fingerprint density at radius 2 is 1.76 bits per heavy atom. The van der Waals surface area contributed by atoms with Gasteiger partial charge < -0.3 is 14.4 Å². The van der Waals surface area contributed by atoms with Crippen molar-refractivity contribution in [2.24, 2.45) is 5.92 Å². The molecule has 5 nitrogen and oxygen atoms in total. The Bertz CT molecular complexity index is 760. The maximum Gasteiger partial charge on any atom is 0.308 e. The summed E-state index contributed by atoms with van der Waals surface area (Å²) in [4.78, 5) is 26.0. The quantitative estimate of drug-likeness (QED) is 0.802. The Morgan fingerprint density at radius 3 is 2.48 bits per heavy atom. The highest BCUT2D eigenvalue weighted by Crippen LogP contribution is 2.27. The lowest BCUT2D eigenvalue weighted by atomic mass is 9.97. The maximum absolute atomic E-state index is 12.7. The molecule has 1 fully saturated rings.